The third-order valence-electron chi connectivity index (χ3n) is 7.62. The molecule has 1 aliphatic rings. The molecule has 2 aromatic carbocycles. The van der Waals surface area contributed by atoms with Crippen LogP contribution in [0.2, 0.25) is 0 Å². The number of benzene rings is 2. The minimum atomic E-state index is -1.11. The topological polar surface area (TPSA) is 136 Å². The van der Waals surface area contributed by atoms with Crippen LogP contribution in [0.1, 0.15) is 79.1 Å². The molecule has 11 nitrogen and oxygen atoms in total. The SMILES string of the molecule is Cc1csc([C@H]2CCCN2C(=O)c2cc(-c3ncco3)cc(-c3nnc([C@@](C)(Cc4ccccc4)NC(=O)OC(C)(C)C)o3)c2)n1. The van der Waals surface area contributed by atoms with Crippen LogP contribution in [0.4, 0.5) is 4.79 Å². The molecule has 3 aromatic heterocycles. The first-order valence-electron chi connectivity index (χ1n) is 15.1. The molecular formula is C34H36N6O5S. The van der Waals surface area contributed by atoms with Crippen molar-refractivity contribution in [2.75, 3.05) is 6.54 Å². The van der Waals surface area contributed by atoms with Crippen molar-refractivity contribution in [3.8, 4) is 22.9 Å². The Morgan fingerprint density at radius 3 is 2.50 bits per heavy atom. The molecule has 1 aliphatic heterocycles. The molecule has 0 saturated carbocycles. The van der Waals surface area contributed by atoms with Gasteiger partial charge in [0.05, 0.1) is 12.2 Å². The number of hydrogen-bond donors (Lipinski definition) is 1. The second kappa shape index (κ2) is 12.5. The predicted octanol–water partition coefficient (Wildman–Crippen LogP) is 7.12. The summed E-state index contributed by atoms with van der Waals surface area (Å²) in [6.45, 7) is 9.79. The fourth-order valence-corrected chi connectivity index (χ4v) is 6.53. The highest BCUT2D eigenvalue weighted by Gasteiger charge is 2.37. The molecule has 6 rings (SSSR count). The molecule has 2 amide bonds. The highest BCUT2D eigenvalue weighted by atomic mass is 32.1. The first kappa shape index (κ1) is 31.2. The number of nitrogens with zero attached hydrogens (tertiary/aromatic N) is 5. The average Bonchev–Trinajstić information content (AvgIpc) is 3.83. The van der Waals surface area contributed by atoms with Gasteiger partial charge in [0.15, 0.2) is 0 Å². The summed E-state index contributed by atoms with van der Waals surface area (Å²) in [4.78, 5) is 37.9. The van der Waals surface area contributed by atoms with Crippen LogP contribution in [0.3, 0.4) is 0 Å². The lowest BCUT2D eigenvalue weighted by Crippen LogP contribution is -2.47. The lowest BCUT2D eigenvalue weighted by Gasteiger charge is -2.29. The molecule has 0 bridgehead atoms. The fraction of sp³-hybridized carbons (Fsp3) is 0.353. The molecule has 46 heavy (non-hydrogen) atoms. The van der Waals surface area contributed by atoms with Gasteiger partial charge in [-0.1, -0.05) is 30.3 Å². The molecular weight excluding hydrogens is 604 g/mol. The van der Waals surface area contributed by atoms with Crippen molar-refractivity contribution in [1.29, 1.82) is 0 Å². The maximum absolute atomic E-state index is 14.1. The van der Waals surface area contributed by atoms with Gasteiger partial charge >= 0.3 is 6.09 Å². The molecule has 12 heteroatoms. The van der Waals surface area contributed by atoms with Crippen molar-refractivity contribution in [2.24, 2.45) is 0 Å². The zero-order valence-corrected chi connectivity index (χ0v) is 27.3. The number of oxazole rings is 1. The van der Waals surface area contributed by atoms with Gasteiger partial charge in [0, 0.05) is 40.7 Å². The lowest BCUT2D eigenvalue weighted by atomic mass is 9.92. The third kappa shape index (κ3) is 6.86. The van der Waals surface area contributed by atoms with Crippen LogP contribution in [-0.4, -0.2) is 49.2 Å². The molecule has 2 atom stereocenters. The van der Waals surface area contributed by atoms with Crippen LogP contribution in [0.15, 0.2) is 75.2 Å². The number of carbonyl (C=O) groups is 2. The van der Waals surface area contributed by atoms with Crippen molar-refractivity contribution in [3.05, 3.63) is 94.1 Å². The molecule has 0 unspecified atom stereocenters. The standard InChI is InChI=1S/C34H36N6O5S/c1-21-20-46-29(36-21)26-12-9-14-40(26)30(41)25-17-23(27-35-13-15-43-27)16-24(18-25)28-38-39-31(44-28)34(5,19-22-10-7-6-8-11-22)37-32(42)45-33(2,3)4/h6-8,10-11,13,15-18,20,26H,9,12,14,19H2,1-5H3,(H,37,42)/t26-,34-/m1/s1. The number of thiazole rings is 1. The van der Waals surface area contributed by atoms with E-state index in [1.807, 2.05) is 54.5 Å². The minimum Gasteiger partial charge on any atom is -0.445 e. The van der Waals surface area contributed by atoms with Gasteiger partial charge in [-0.15, -0.1) is 21.5 Å². The Labute approximate surface area is 271 Å². The third-order valence-corrected chi connectivity index (χ3v) is 8.68. The molecule has 0 radical (unpaired) electrons. The number of nitrogens with one attached hydrogen (secondary N) is 1. The molecule has 0 aliphatic carbocycles. The Balaban J connectivity index is 1.36. The number of hydrogen-bond acceptors (Lipinski definition) is 10. The van der Waals surface area contributed by atoms with E-state index in [1.165, 1.54) is 6.26 Å². The van der Waals surface area contributed by atoms with E-state index in [2.05, 4.69) is 25.5 Å². The normalized spacial score (nSPS) is 16.3. The van der Waals surface area contributed by atoms with E-state index in [-0.39, 0.29) is 23.7 Å². The Hall–Kier alpha value is -4.84. The van der Waals surface area contributed by atoms with Crippen molar-refractivity contribution in [2.45, 2.75) is 71.1 Å². The maximum Gasteiger partial charge on any atom is 0.408 e. The summed E-state index contributed by atoms with van der Waals surface area (Å²) in [5, 5.41) is 14.6. The summed E-state index contributed by atoms with van der Waals surface area (Å²) < 4.78 is 17.5. The zero-order valence-electron chi connectivity index (χ0n) is 26.4. The number of alkyl carbamates (subject to hydrolysis) is 1. The summed E-state index contributed by atoms with van der Waals surface area (Å²) in [5.74, 6) is 0.580. The molecule has 1 fully saturated rings. The summed E-state index contributed by atoms with van der Waals surface area (Å²) >= 11 is 1.57. The van der Waals surface area contributed by atoms with Gasteiger partial charge in [0.25, 0.3) is 5.91 Å². The largest absolute Gasteiger partial charge is 0.445 e. The van der Waals surface area contributed by atoms with Gasteiger partial charge in [-0.05, 0) is 71.2 Å². The highest BCUT2D eigenvalue weighted by Crippen LogP contribution is 2.37. The van der Waals surface area contributed by atoms with E-state index in [0.29, 0.717) is 35.5 Å². The zero-order chi connectivity index (χ0) is 32.5. The summed E-state index contributed by atoms with van der Waals surface area (Å²) in [6.07, 6.45) is 4.52. The van der Waals surface area contributed by atoms with Crippen LogP contribution < -0.4 is 5.32 Å². The number of ether oxygens (including phenoxy) is 1. The molecule has 0 spiro atoms. The number of aromatic nitrogens is 4. The van der Waals surface area contributed by atoms with Crippen LogP contribution in [-0.2, 0) is 16.7 Å². The summed E-state index contributed by atoms with van der Waals surface area (Å²) in [7, 11) is 0. The number of likely N-dealkylation sites (tertiary alicyclic amines) is 1. The quantitative estimate of drug-likeness (QED) is 0.188. The van der Waals surface area contributed by atoms with E-state index in [9.17, 15) is 9.59 Å². The van der Waals surface area contributed by atoms with Crippen LogP contribution in [0.25, 0.3) is 22.9 Å². The van der Waals surface area contributed by atoms with Crippen LogP contribution in [0, 0.1) is 6.92 Å². The van der Waals surface area contributed by atoms with Crippen molar-refractivity contribution in [3.63, 3.8) is 0 Å². The highest BCUT2D eigenvalue weighted by molar-refractivity contribution is 7.09. The van der Waals surface area contributed by atoms with Gasteiger partial charge in [-0.3, -0.25) is 4.79 Å². The first-order chi connectivity index (χ1) is 22.0. The van der Waals surface area contributed by atoms with Crippen molar-refractivity contribution in [1.82, 2.24) is 30.4 Å². The minimum absolute atomic E-state index is 0.0901. The van der Waals surface area contributed by atoms with E-state index in [4.69, 9.17) is 13.6 Å². The van der Waals surface area contributed by atoms with Gasteiger partial charge in [-0.25, -0.2) is 14.8 Å². The Bertz CT molecular complexity index is 1830. The first-order valence-corrected chi connectivity index (χ1v) is 16.0. The molecule has 1 saturated heterocycles. The van der Waals surface area contributed by atoms with E-state index >= 15 is 0 Å². The Morgan fingerprint density at radius 2 is 1.83 bits per heavy atom. The maximum atomic E-state index is 14.1. The Morgan fingerprint density at radius 1 is 1.07 bits per heavy atom. The molecule has 4 heterocycles. The van der Waals surface area contributed by atoms with E-state index < -0.39 is 17.2 Å². The number of aryl methyl sites for hydroxylation is 1. The number of amides is 2. The second-order valence-corrected chi connectivity index (χ2v) is 13.5. The van der Waals surface area contributed by atoms with E-state index in [0.717, 1.165) is 29.1 Å². The molecule has 1 N–H and O–H groups in total. The van der Waals surface area contributed by atoms with Gasteiger partial charge in [-0.2, -0.15) is 0 Å². The monoisotopic (exact) mass is 640 g/mol. The summed E-state index contributed by atoms with van der Waals surface area (Å²) in [6, 6.07) is 14.9. The lowest BCUT2D eigenvalue weighted by molar-refractivity contribution is 0.0443. The molecule has 238 valence electrons. The smallest absolute Gasteiger partial charge is 0.408 e. The van der Waals surface area contributed by atoms with Gasteiger partial charge in [0.2, 0.25) is 17.7 Å². The average molecular weight is 641 g/mol. The summed E-state index contributed by atoms with van der Waals surface area (Å²) in [5.41, 5.74) is 1.62. The molecule has 5 aromatic rings. The fourth-order valence-electron chi connectivity index (χ4n) is 5.59. The van der Waals surface area contributed by atoms with Crippen LogP contribution in [0.5, 0.6) is 0 Å². The van der Waals surface area contributed by atoms with E-state index in [1.54, 1.807) is 56.5 Å². The second-order valence-electron chi connectivity index (χ2n) is 12.7. The Kier molecular flexibility index (Phi) is 8.47. The number of rotatable bonds is 8. The van der Waals surface area contributed by atoms with Crippen molar-refractivity contribution < 1.29 is 23.2 Å². The number of carbonyl (C=O) groups excluding carboxylic acids is 2. The predicted molar refractivity (Wildman–Crippen MR) is 172 cm³/mol. The van der Waals surface area contributed by atoms with Gasteiger partial charge < -0.3 is 23.8 Å². The van der Waals surface area contributed by atoms with Crippen molar-refractivity contribution >= 4 is 23.3 Å². The van der Waals surface area contributed by atoms with Crippen LogP contribution >= 0.6 is 11.3 Å². The van der Waals surface area contributed by atoms with Gasteiger partial charge in [0.1, 0.15) is 22.4 Å².